The number of nitriles is 1. The van der Waals surface area contributed by atoms with Gasteiger partial charge in [0.2, 0.25) is 0 Å². The highest BCUT2D eigenvalue weighted by Crippen LogP contribution is 2.31. The molecule has 1 aromatic heterocycles. The zero-order valence-corrected chi connectivity index (χ0v) is 16.4. The highest BCUT2D eigenvalue weighted by atomic mass is 35.5. The molecule has 0 amide bonds. The van der Waals surface area contributed by atoms with Gasteiger partial charge in [0.15, 0.2) is 0 Å². The topological polar surface area (TPSA) is 98.1 Å². The quantitative estimate of drug-likeness (QED) is 0.648. The van der Waals surface area contributed by atoms with E-state index in [0.29, 0.717) is 10.6 Å². The summed E-state index contributed by atoms with van der Waals surface area (Å²) in [6, 6.07) is 17.6. The van der Waals surface area contributed by atoms with E-state index in [1.54, 1.807) is 31.2 Å². The molecule has 2 aromatic carbocycles. The van der Waals surface area contributed by atoms with Crippen molar-refractivity contribution in [3.8, 4) is 17.2 Å². The van der Waals surface area contributed by atoms with E-state index in [-0.39, 0.29) is 35.7 Å². The molecule has 7 heteroatoms. The molecular weight excluding hydrogens is 390 g/mol. The summed E-state index contributed by atoms with van der Waals surface area (Å²) >= 11 is 5.96. The number of rotatable bonds is 5. The van der Waals surface area contributed by atoms with Crippen LogP contribution in [0.5, 0.6) is 0 Å². The van der Waals surface area contributed by atoms with Crippen molar-refractivity contribution >= 4 is 23.4 Å². The van der Waals surface area contributed by atoms with Gasteiger partial charge in [-0.2, -0.15) is 5.26 Å². The van der Waals surface area contributed by atoms with E-state index in [2.05, 4.69) is 0 Å². The molecule has 0 atom stereocenters. The van der Waals surface area contributed by atoms with Crippen molar-refractivity contribution in [2.24, 2.45) is 0 Å². The van der Waals surface area contributed by atoms with Gasteiger partial charge in [0.05, 0.1) is 13.2 Å². The zero-order valence-electron chi connectivity index (χ0n) is 15.7. The molecule has 1 heterocycles. The molecule has 6 nitrogen and oxygen atoms in total. The first-order valence-electron chi connectivity index (χ1n) is 8.91. The Hall–Kier alpha value is -3.56. The summed E-state index contributed by atoms with van der Waals surface area (Å²) in [5, 5.41) is 10.2. The van der Waals surface area contributed by atoms with Crippen LogP contribution in [0.3, 0.4) is 0 Å². The number of nitrogens with two attached hydrogens (primary N) is 1. The Bertz CT molecular complexity index is 1150. The number of carbonyl (C=O) groups excluding carboxylic acids is 1. The number of hydrogen-bond acceptors (Lipinski definition) is 5. The molecule has 0 aliphatic carbocycles. The number of hydrogen-bond donors (Lipinski definition) is 1. The van der Waals surface area contributed by atoms with Gasteiger partial charge in [-0.1, -0.05) is 54.1 Å². The van der Waals surface area contributed by atoms with E-state index in [9.17, 15) is 14.9 Å². The second kappa shape index (κ2) is 8.63. The summed E-state index contributed by atoms with van der Waals surface area (Å²) in [5.74, 6) is -0.755. The third kappa shape index (κ3) is 4.00. The molecule has 2 N–H and O–H groups in total. The molecule has 0 bridgehead atoms. The van der Waals surface area contributed by atoms with Crippen LogP contribution in [-0.4, -0.2) is 17.1 Å². The van der Waals surface area contributed by atoms with Crippen LogP contribution >= 0.6 is 11.6 Å². The monoisotopic (exact) mass is 407 g/mol. The first-order valence-corrected chi connectivity index (χ1v) is 9.29. The van der Waals surface area contributed by atoms with Crippen LogP contribution in [-0.2, 0) is 11.3 Å². The number of ether oxygens (including phenoxy) is 1. The van der Waals surface area contributed by atoms with E-state index in [1.165, 1.54) is 4.57 Å². The molecule has 3 aromatic rings. The fourth-order valence-electron chi connectivity index (χ4n) is 3.08. The molecule has 0 spiro atoms. The average molecular weight is 408 g/mol. The van der Waals surface area contributed by atoms with Gasteiger partial charge in [-0.25, -0.2) is 4.79 Å². The standard InChI is InChI=1S/C22H18ClN3O3/c1-2-29-22(28)19-18(15-8-10-16(23)11-9-15)17(12-24)21(27)26(20(19)25)13-14-6-4-3-5-7-14/h3-11H,2,13,25H2,1H3. The Labute approximate surface area is 172 Å². The van der Waals surface area contributed by atoms with Gasteiger partial charge in [-0.15, -0.1) is 0 Å². The maximum absolute atomic E-state index is 13.1. The van der Waals surface area contributed by atoms with Gasteiger partial charge >= 0.3 is 5.97 Å². The predicted octanol–water partition coefficient (Wildman–Crippen LogP) is 3.85. The van der Waals surface area contributed by atoms with Crippen LogP contribution in [0, 0.1) is 11.3 Å². The van der Waals surface area contributed by atoms with Gasteiger partial charge in [-0.3, -0.25) is 9.36 Å². The smallest absolute Gasteiger partial charge is 0.342 e. The lowest BCUT2D eigenvalue weighted by molar-refractivity contribution is 0.0527. The Balaban J connectivity index is 2.33. The average Bonchev–Trinajstić information content (AvgIpc) is 2.72. The van der Waals surface area contributed by atoms with Crippen LogP contribution in [0.25, 0.3) is 11.1 Å². The first kappa shape index (κ1) is 20.2. The van der Waals surface area contributed by atoms with Crippen molar-refractivity contribution in [2.75, 3.05) is 12.3 Å². The van der Waals surface area contributed by atoms with Gasteiger partial charge < -0.3 is 10.5 Å². The largest absolute Gasteiger partial charge is 0.462 e. The molecular formula is C22H18ClN3O3. The number of benzene rings is 2. The summed E-state index contributed by atoms with van der Waals surface area (Å²) in [4.78, 5) is 25.9. The van der Waals surface area contributed by atoms with E-state index in [0.717, 1.165) is 5.56 Å². The molecule has 3 rings (SSSR count). The predicted molar refractivity (Wildman–Crippen MR) is 112 cm³/mol. The minimum atomic E-state index is -0.701. The minimum Gasteiger partial charge on any atom is -0.462 e. The zero-order chi connectivity index (χ0) is 21.0. The van der Waals surface area contributed by atoms with Crippen LogP contribution < -0.4 is 11.3 Å². The second-order valence-electron chi connectivity index (χ2n) is 6.23. The third-order valence-corrected chi connectivity index (χ3v) is 4.67. The fraction of sp³-hybridized carbons (Fsp3) is 0.136. The van der Waals surface area contributed by atoms with E-state index in [4.69, 9.17) is 22.1 Å². The maximum atomic E-state index is 13.1. The molecule has 0 aliphatic heterocycles. The van der Waals surface area contributed by atoms with Gasteiger partial charge in [0.1, 0.15) is 23.0 Å². The Morgan fingerprint density at radius 2 is 1.83 bits per heavy atom. The molecule has 0 aliphatic rings. The molecule has 29 heavy (non-hydrogen) atoms. The summed E-state index contributed by atoms with van der Waals surface area (Å²) < 4.78 is 6.39. The Morgan fingerprint density at radius 3 is 2.41 bits per heavy atom. The summed E-state index contributed by atoms with van der Waals surface area (Å²) in [5.41, 5.74) is 6.94. The van der Waals surface area contributed by atoms with Crippen LogP contribution in [0.2, 0.25) is 5.02 Å². The van der Waals surface area contributed by atoms with E-state index >= 15 is 0 Å². The fourth-order valence-corrected chi connectivity index (χ4v) is 3.21. The number of nitrogen functional groups attached to an aromatic ring is 1. The Kier molecular flexibility index (Phi) is 6.01. The number of halogens is 1. The van der Waals surface area contributed by atoms with Crippen LogP contribution in [0.1, 0.15) is 28.4 Å². The lowest BCUT2D eigenvalue weighted by Gasteiger charge is -2.18. The van der Waals surface area contributed by atoms with Gasteiger partial charge in [0.25, 0.3) is 5.56 Å². The number of carbonyl (C=O) groups is 1. The van der Waals surface area contributed by atoms with Gasteiger partial charge in [0, 0.05) is 10.6 Å². The molecule has 0 fully saturated rings. The summed E-state index contributed by atoms with van der Waals surface area (Å²) in [6.45, 7) is 1.91. The minimum absolute atomic E-state index is 0.0127. The summed E-state index contributed by atoms with van der Waals surface area (Å²) in [6.07, 6.45) is 0. The molecule has 0 saturated heterocycles. The first-order chi connectivity index (χ1) is 14.0. The van der Waals surface area contributed by atoms with Crippen molar-refractivity contribution in [2.45, 2.75) is 13.5 Å². The molecule has 0 saturated carbocycles. The van der Waals surface area contributed by atoms with E-state index < -0.39 is 11.5 Å². The maximum Gasteiger partial charge on any atom is 0.342 e. The van der Waals surface area contributed by atoms with Crippen molar-refractivity contribution < 1.29 is 9.53 Å². The van der Waals surface area contributed by atoms with Crippen LogP contribution in [0.4, 0.5) is 5.82 Å². The summed E-state index contributed by atoms with van der Waals surface area (Å²) in [7, 11) is 0. The van der Waals surface area contributed by atoms with Crippen molar-refractivity contribution in [3.05, 3.63) is 86.7 Å². The number of pyridine rings is 1. The second-order valence-corrected chi connectivity index (χ2v) is 6.66. The van der Waals surface area contributed by atoms with E-state index in [1.807, 2.05) is 36.4 Å². The van der Waals surface area contributed by atoms with Crippen molar-refractivity contribution in [3.63, 3.8) is 0 Å². The number of anilines is 1. The SMILES string of the molecule is CCOC(=O)c1c(-c2ccc(Cl)cc2)c(C#N)c(=O)n(Cc2ccccc2)c1N. The molecule has 0 radical (unpaired) electrons. The van der Waals surface area contributed by atoms with Crippen molar-refractivity contribution in [1.82, 2.24) is 4.57 Å². The highest BCUT2D eigenvalue weighted by molar-refractivity contribution is 6.30. The normalized spacial score (nSPS) is 10.4. The third-order valence-electron chi connectivity index (χ3n) is 4.41. The number of aromatic nitrogens is 1. The lowest BCUT2D eigenvalue weighted by Crippen LogP contribution is -2.30. The number of esters is 1. The highest BCUT2D eigenvalue weighted by Gasteiger charge is 2.27. The molecule has 0 unspecified atom stereocenters. The van der Waals surface area contributed by atoms with Crippen LogP contribution in [0.15, 0.2) is 59.4 Å². The Morgan fingerprint density at radius 1 is 1.17 bits per heavy atom. The molecule has 146 valence electrons. The lowest BCUT2D eigenvalue weighted by atomic mass is 9.95. The van der Waals surface area contributed by atoms with Crippen molar-refractivity contribution in [1.29, 1.82) is 5.26 Å². The number of nitrogens with zero attached hydrogens (tertiary/aromatic N) is 2. The van der Waals surface area contributed by atoms with Gasteiger partial charge in [-0.05, 0) is 30.2 Å².